The normalized spacial score (nSPS) is 34.7. The van der Waals surface area contributed by atoms with Crippen molar-refractivity contribution in [2.24, 2.45) is 11.8 Å². The number of hydrogen-bond donors (Lipinski definition) is 1. The van der Waals surface area contributed by atoms with Crippen LogP contribution in [0.3, 0.4) is 0 Å². The number of carbonyl (C=O) groups is 1. The van der Waals surface area contributed by atoms with E-state index in [1.54, 1.807) is 6.08 Å². The first-order chi connectivity index (χ1) is 12.1. The van der Waals surface area contributed by atoms with Gasteiger partial charge in [-0.25, -0.2) is 0 Å². The summed E-state index contributed by atoms with van der Waals surface area (Å²) in [6.45, 7) is 4.33. The van der Waals surface area contributed by atoms with E-state index in [-0.39, 0.29) is 35.9 Å². The maximum atomic E-state index is 12.5. The van der Waals surface area contributed by atoms with Crippen LogP contribution in [0.2, 0.25) is 0 Å². The third-order valence-electron chi connectivity index (χ3n) is 5.88. The summed E-state index contributed by atoms with van der Waals surface area (Å²) < 4.78 is 6.17. The molecule has 0 bridgehead atoms. The lowest BCUT2D eigenvalue weighted by Crippen LogP contribution is -2.44. The number of carbonyl (C=O) groups excluding carboxylic acids is 1. The van der Waals surface area contributed by atoms with Crippen LogP contribution < -0.4 is 0 Å². The van der Waals surface area contributed by atoms with Gasteiger partial charge in [0.15, 0.2) is 5.78 Å². The Morgan fingerprint density at radius 2 is 2.08 bits per heavy atom. The van der Waals surface area contributed by atoms with E-state index in [1.165, 1.54) is 37.7 Å². The Bertz CT molecular complexity index is 572. The van der Waals surface area contributed by atoms with Crippen LogP contribution in [0.15, 0.2) is 35.5 Å². The molecule has 138 valence electrons. The fraction of sp³-hybridized carbons (Fsp3) is 0.682. The Hall–Kier alpha value is -1.19. The van der Waals surface area contributed by atoms with Crippen LogP contribution in [0.4, 0.5) is 0 Å². The number of allylic oxidation sites excluding steroid dienone is 1. The third kappa shape index (κ3) is 4.32. The van der Waals surface area contributed by atoms with Crippen LogP contribution in [-0.4, -0.2) is 29.2 Å². The Labute approximate surface area is 151 Å². The molecule has 0 radical (unpaired) electrons. The number of ether oxygens (including phenoxy) is 1. The molecule has 1 fully saturated rings. The van der Waals surface area contributed by atoms with Crippen molar-refractivity contribution in [2.75, 3.05) is 0 Å². The number of aliphatic hydroxyl groups excluding tert-OH is 1. The molecule has 0 aromatic heterocycles. The van der Waals surface area contributed by atoms with Crippen molar-refractivity contribution in [3.05, 3.63) is 35.5 Å². The van der Waals surface area contributed by atoms with Crippen molar-refractivity contribution in [3.8, 4) is 0 Å². The van der Waals surface area contributed by atoms with Crippen LogP contribution in [0.25, 0.3) is 0 Å². The molecule has 0 saturated heterocycles. The van der Waals surface area contributed by atoms with E-state index in [0.717, 1.165) is 18.4 Å². The second-order valence-corrected chi connectivity index (χ2v) is 7.92. The number of rotatable bonds is 7. The fourth-order valence-electron chi connectivity index (χ4n) is 4.49. The van der Waals surface area contributed by atoms with Gasteiger partial charge in [-0.3, -0.25) is 4.79 Å². The Kier molecular flexibility index (Phi) is 6.29. The number of hydrogen-bond acceptors (Lipinski definition) is 3. The minimum absolute atomic E-state index is 0.0760. The molecule has 1 N–H and O–H groups in total. The lowest BCUT2D eigenvalue weighted by Gasteiger charge is -2.38. The van der Waals surface area contributed by atoms with Gasteiger partial charge >= 0.3 is 0 Å². The lowest BCUT2D eigenvalue weighted by molar-refractivity contribution is -0.133. The minimum atomic E-state index is -0.373. The first-order valence-electron chi connectivity index (χ1n) is 10.0. The number of ketones is 1. The Morgan fingerprint density at radius 3 is 2.88 bits per heavy atom. The van der Waals surface area contributed by atoms with Crippen LogP contribution in [-0.2, 0) is 9.53 Å². The number of fused-ring (bicyclic) bond motifs is 3. The predicted octanol–water partition coefficient (Wildman–Crippen LogP) is 4.51. The van der Waals surface area contributed by atoms with Crippen molar-refractivity contribution in [1.29, 1.82) is 0 Å². The third-order valence-corrected chi connectivity index (χ3v) is 5.88. The van der Waals surface area contributed by atoms with E-state index in [4.69, 9.17) is 4.74 Å². The Balaban J connectivity index is 1.58. The quantitative estimate of drug-likeness (QED) is 0.546. The first kappa shape index (κ1) is 18.6. The topological polar surface area (TPSA) is 46.5 Å². The van der Waals surface area contributed by atoms with Crippen molar-refractivity contribution in [3.63, 3.8) is 0 Å². The molecule has 5 atom stereocenters. The van der Waals surface area contributed by atoms with Crippen LogP contribution in [0.5, 0.6) is 0 Å². The van der Waals surface area contributed by atoms with Gasteiger partial charge in [0, 0.05) is 5.92 Å². The number of aliphatic hydroxyl groups is 1. The van der Waals surface area contributed by atoms with E-state index < -0.39 is 0 Å². The molecule has 3 heteroatoms. The molecular weight excluding hydrogens is 312 g/mol. The highest BCUT2D eigenvalue weighted by atomic mass is 16.5. The largest absolute Gasteiger partial charge is 0.393 e. The maximum absolute atomic E-state index is 12.5. The molecule has 0 amide bonds. The zero-order valence-electron chi connectivity index (χ0n) is 15.6. The monoisotopic (exact) mass is 344 g/mol. The van der Waals surface area contributed by atoms with Gasteiger partial charge in [-0.1, -0.05) is 56.4 Å². The smallest absolute Gasteiger partial charge is 0.185 e. The molecule has 25 heavy (non-hydrogen) atoms. The fourth-order valence-corrected chi connectivity index (χ4v) is 4.49. The zero-order chi connectivity index (χ0) is 17.8. The second kappa shape index (κ2) is 8.46. The molecule has 3 aliphatic rings. The van der Waals surface area contributed by atoms with Crippen molar-refractivity contribution in [2.45, 2.75) is 83.5 Å². The zero-order valence-corrected chi connectivity index (χ0v) is 15.6. The molecule has 1 aliphatic heterocycles. The summed E-state index contributed by atoms with van der Waals surface area (Å²) in [7, 11) is 0. The second-order valence-electron chi connectivity index (χ2n) is 7.92. The highest BCUT2D eigenvalue weighted by Gasteiger charge is 2.45. The summed E-state index contributed by atoms with van der Waals surface area (Å²) in [6.07, 6.45) is 16.5. The average Bonchev–Trinajstić information content (AvgIpc) is 2.95. The summed E-state index contributed by atoms with van der Waals surface area (Å²) >= 11 is 0. The first-order valence-corrected chi connectivity index (χ1v) is 10.0. The molecule has 3 nitrogen and oxygen atoms in total. The molecule has 3 rings (SSSR count). The van der Waals surface area contributed by atoms with Gasteiger partial charge in [0.1, 0.15) is 6.10 Å². The Morgan fingerprint density at radius 1 is 1.28 bits per heavy atom. The molecular formula is C22H32O3. The lowest BCUT2D eigenvalue weighted by atomic mass is 9.75. The summed E-state index contributed by atoms with van der Waals surface area (Å²) in [4.78, 5) is 12.5. The van der Waals surface area contributed by atoms with Crippen LogP contribution in [0.1, 0.15) is 65.2 Å². The molecule has 0 aromatic carbocycles. The predicted molar refractivity (Wildman–Crippen MR) is 100 cm³/mol. The van der Waals surface area contributed by atoms with Gasteiger partial charge in [-0.05, 0) is 50.2 Å². The number of unbranched alkanes of at least 4 members (excludes halogenated alkanes) is 5. The van der Waals surface area contributed by atoms with E-state index in [9.17, 15) is 9.90 Å². The van der Waals surface area contributed by atoms with E-state index in [0.29, 0.717) is 6.42 Å². The summed E-state index contributed by atoms with van der Waals surface area (Å²) in [6, 6.07) is 0. The summed E-state index contributed by atoms with van der Waals surface area (Å²) in [5.41, 5.74) is 2.31. The van der Waals surface area contributed by atoms with Gasteiger partial charge in [0.25, 0.3) is 0 Å². The maximum Gasteiger partial charge on any atom is 0.185 e. The van der Waals surface area contributed by atoms with Crippen molar-refractivity contribution < 1.29 is 14.6 Å². The van der Waals surface area contributed by atoms with Gasteiger partial charge in [-0.15, -0.1) is 0 Å². The minimum Gasteiger partial charge on any atom is -0.393 e. The van der Waals surface area contributed by atoms with E-state index in [2.05, 4.69) is 32.1 Å². The van der Waals surface area contributed by atoms with Crippen molar-refractivity contribution in [1.82, 2.24) is 0 Å². The summed E-state index contributed by atoms with van der Waals surface area (Å²) in [5, 5.41) is 9.95. The van der Waals surface area contributed by atoms with Gasteiger partial charge in [0.05, 0.1) is 12.2 Å². The molecule has 0 unspecified atom stereocenters. The molecule has 0 aromatic rings. The van der Waals surface area contributed by atoms with Crippen molar-refractivity contribution >= 4 is 5.78 Å². The van der Waals surface area contributed by atoms with E-state index >= 15 is 0 Å². The highest BCUT2D eigenvalue weighted by Crippen LogP contribution is 2.45. The molecule has 0 spiro atoms. The van der Waals surface area contributed by atoms with E-state index in [1.807, 2.05) is 0 Å². The molecule has 1 heterocycles. The standard InChI is InChI=1S/C22H32O3/c1-3-4-5-6-7-8-9-10-21-15(2)11-19-18-14-17(23)12-16(18)13-20(24)22(19)25-21/h9-11,13,17-19,21-23H,3-8,12,14H2,1-2H3/b10-9+/t17-,18+,19-,21-,22+/m0/s1. The van der Waals surface area contributed by atoms with Gasteiger partial charge < -0.3 is 9.84 Å². The summed E-state index contributed by atoms with van der Waals surface area (Å²) in [5.74, 6) is 0.451. The molecule has 1 saturated carbocycles. The van der Waals surface area contributed by atoms with Gasteiger partial charge in [0.2, 0.25) is 0 Å². The van der Waals surface area contributed by atoms with Crippen LogP contribution in [0, 0.1) is 11.8 Å². The van der Waals surface area contributed by atoms with Crippen LogP contribution >= 0.6 is 0 Å². The average molecular weight is 344 g/mol. The van der Waals surface area contributed by atoms with Gasteiger partial charge in [-0.2, -0.15) is 0 Å². The molecule has 2 aliphatic carbocycles. The highest BCUT2D eigenvalue weighted by molar-refractivity contribution is 5.96. The SMILES string of the molecule is CCCCCCC/C=C/[C@@H]1O[C@H]2C(=O)C=C3C[C@H](O)C[C@H]3[C@@H]2C=C1C.